The number of hydrogen-bond donors (Lipinski definition) is 1. The molecule has 6 nitrogen and oxygen atoms in total. The van der Waals surface area contributed by atoms with E-state index >= 15 is 0 Å². The number of nitro groups is 1. The summed E-state index contributed by atoms with van der Waals surface area (Å²) in [7, 11) is 0. The number of nitrogens with two attached hydrogens (primary N) is 1. The Morgan fingerprint density at radius 2 is 2.17 bits per heavy atom. The molecule has 1 aromatic heterocycles. The van der Waals surface area contributed by atoms with Crippen LogP contribution in [-0.2, 0) is 6.54 Å². The van der Waals surface area contributed by atoms with Crippen LogP contribution in [0.5, 0.6) is 0 Å². The summed E-state index contributed by atoms with van der Waals surface area (Å²) >= 11 is 0. The first-order valence-electron chi connectivity index (χ1n) is 5.51. The molecule has 0 bridgehead atoms. The maximum atomic E-state index is 10.7. The van der Waals surface area contributed by atoms with Crippen LogP contribution in [0, 0.1) is 24.0 Å². The van der Waals surface area contributed by atoms with Gasteiger partial charge in [-0.2, -0.15) is 5.10 Å². The van der Waals surface area contributed by atoms with Crippen LogP contribution in [0.3, 0.4) is 0 Å². The smallest absolute Gasteiger partial charge is 0.330 e. The average molecular weight is 246 g/mol. The lowest BCUT2D eigenvalue weighted by Gasteiger charge is -2.08. The minimum atomic E-state index is -0.527. The van der Waals surface area contributed by atoms with Gasteiger partial charge in [0.2, 0.25) is 5.82 Å². The highest BCUT2D eigenvalue weighted by molar-refractivity contribution is 5.51. The molecule has 1 aromatic carbocycles. The van der Waals surface area contributed by atoms with Gasteiger partial charge in [0, 0.05) is 0 Å². The van der Waals surface area contributed by atoms with Crippen LogP contribution in [-0.4, -0.2) is 14.7 Å². The van der Waals surface area contributed by atoms with Crippen molar-refractivity contribution < 1.29 is 4.92 Å². The highest BCUT2D eigenvalue weighted by atomic mass is 16.6. The zero-order chi connectivity index (χ0) is 13.3. The van der Waals surface area contributed by atoms with Crippen molar-refractivity contribution in [2.75, 3.05) is 5.73 Å². The fourth-order valence-corrected chi connectivity index (χ4v) is 1.84. The number of benzene rings is 1. The molecule has 0 saturated carbocycles. The standard InChI is InChI=1S/C12H14N4O2/c1-8-3-4-10(9(2)5-8)7-15-12(13)11(6-14-15)16(17)18/h3-6H,7,13H2,1-2H3. The van der Waals surface area contributed by atoms with Gasteiger partial charge in [-0.15, -0.1) is 0 Å². The molecule has 2 N–H and O–H groups in total. The highest BCUT2D eigenvalue weighted by Gasteiger charge is 2.17. The Hall–Kier alpha value is -2.37. The molecule has 0 spiro atoms. The normalized spacial score (nSPS) is 10.6. The average Bonchev–Trinajstić information content (AvgIpc) is 2.64. The van der Waals surface area contributed by atoms with E-state index in [9.17, 15) is 10.1 Å². The highest BCUT2D eigenvalue weighted by Crippen LogP contribution is 2.21. The van der Waals surface area contributed by atoms with Crippen molar-refractivity contribution >= 4 is 11.5 Å². The summed E-state index contributed by atoms with van der Waals surface area (Å²) in [5.41, 5.74) is 8.88. The summed E-state index contributed by atoms with van der Waals surface area (Å²) in [4.78, 5) is 10.1. The van der Waals surface area contributed by atoms with E-state index in [1.165, 1.54) is 16.4 Å². The van der Waals surface area contributed by atoms with Crippen LogP contribution in [0.2, 0.25) is 0 Å². The number of anilines is 1. The van der Waals surface area contributed by atoms with Gasteiger partial charge in [-0.25, -0.2) is 4.68 Å². The van der Waals surface area contributed by atoms with Gasteiger partial charge in [0.05, 0.1) is 11.5 Å². The monoisotopic (exact) mass is 246 g/mol. The van der Waals surface area contributed by atoms with Crippen LogP contribution in [0.25, 0.3) is 0 Å². The molecule has 0 atom stereocenters. The SMILES string of the molecule is Cc1ccc(Cn2ncc([N+](=O)[O-])c2N)c(C)c1. The van der Waals surface area contributed by atoms with Crippen molar-refractivity contribution in [3.63, 3.8) is 0 Å². The van der Waals surface area contributed by atoms with Gasteiger partial charge >= 0.3 is 5.69 Å². The topological polar surface area (TPSA) is 87.0 Å². The van der Waals surface area contributed by atoms with Gasteiger partial charge in [0.25, 0.3) is 0 Å². The Bertz CT molecular complexity index is 604. The quantitative estimate of drug-likeness (QED) is 0.663. The van der Waals surface area contributed by atoms with Crippen LogP contribution in [0.15, 0.2) is 24.4 Å². The van der Waals surface area contributed by atoms with Crippen molar-refractivity contribution in [2.24, 2.45) is 0 Å². The molecule has 0 fully saturated rings. The molecule has 0 saturated heterocycles. The molecule has 0 aliphatic carbocycles. The second-order valence-electron chi connectivity index (χ2n) is 4.26. The van der Waals surface area contributed by atoms with Crippen LogP contribution < -0.4 is 5.73 Å². The van der Waals surface area contributed by atoms with Crippen LogP contribution in [0.1, 0.15) is 16.7 Å². The number of rotatable bonds is 3. The molecule has 94 valence electrons. The van der Waals surface area contributed by atoms with Crippen molar-refractivity contribution in [2.45, 2.75) is 20.4 Å². The van der Waals surface area contributed by atoms with Crippen molar-refractivity contribution in [3.8, 4) is 0 Å². The van der Waals surface area contributed by atoms with E-state index in [-0.39, 0.29) is 11.5 Å². The molecule has 0 unspecified atom stereocenters. The van der Waals surface area contributed by atoms with Crippen molar-refractivity contribution in [1.82, 2.24) is 9.78 Å². The lowest BCUT2D eigenvalue weighted by Crippen LogP contribution is -2.07. The molecule has 1 heterocycles. The molecular weight excluding hydrogens is 232 g/mol. The lowest BCUT2D eigenvalue weighted by molar-refractivity contribution is -0.384. The van der Waals surface area contributed by atoms with Crippen molar-refractivity contribution in [1.29, 1.82) is 0 Å². The maximum absolute atomic E-state index is 10.7. The van der Waals surface area contributed by atoms with Gasteiger partial charge in [-0.05, 0) is 25.0 Å². The Labute approximate surface area is 104 Å². The van der Waals surface area contributed by atoms with E-state index in [4.69, 9.17) is 5.73 Å². The van der Waals surface area contributed by atoms with E-state index in [2.05, 4.69) is 11.2 Å². The van der Waals surface area contributed by atoms with Gasteiger partial charge in [0.15, 0.2) is 0 Å². The molecule has 0 aliphatic rings. The minimum absolute atomic E-state index is 0.0833. The molecule has 18 heavy (non-hydrogen) atoms. The third-order valence-corrected chi connectivity index (χ3v) is 2.87. The Morgan fingerprint density at radius 3 is 2.72 bits per heavy atom. The van der Waals surface area contributed by atoms with Crippen molar-refractivity contribution in [3.05, 3.63) is 51.2 Å². The summed E-state index contributed by atoms with van der Waals surface area (Å²) in [6, 6.07) is 6.04. The fraction of sp³-hybridized carbons (Fsp3) is 0.250. The zero-order valence-corrected chi connectivity index (χ0v) is 10.3. The van der Waals surface area contributed by atoms with Gasteiger partial charge in [-0.1, -0.05) is 23.8 Å². The molecule has 2 aromatic rings. The first-order chi connectivity index (χ1) is 8.49. The van der Waals surface area contributed by atoms with Crippen LogP contribution in [0.4, 0.5) is 11.5 Å². The summed E-state index contributed by atoms with van der Waals surface area (Å²) < 4.78 is 1.44. The lowest BCUT2D eigenvalue weighted by atomic mass is 10.1. The maximum Gasteiger partial charge on any atom is 0.330 e. The minimum Gasteiger partial charge on any atom is -0.378 e. The second kappa shape index (κ2) is 4.48. The third-order valence-electron chi connectivity index (χ3n) is 2.87. The first kappa shape index (κ1) is 12.1. The number of nitrogens with zero attached hydrogens (tertiary/aromatic N) is 3. The van der Waals surface area contributed by atoms with E-state index in [0.717, 1.165) is 11.1 Å². The predicted molar refractivity (Wildman–Crippen MR) is 68.3 cm³/mol. The molecule has 2 rings (SSSR count). The third kappa shape index (κ3) is 2.17. The molecule has 0 amide bonds. The molecular formula is C12H14N4O2. The van der Waals surface area contributed by atoms with Gasteiger partial charge in [-0.3, -0.25) is 10.1 Å². The summed E-state index contributed by atoms with van der Waals surface area (Å²) in [6.45, 7) is 4.45. The van der Waals surface area contributed by atoms with E-state index in [1.807, 2.05) is 26.0 Å². The number of aromatic nitrogens is 2. The fourth-order valence-electron chi connectivity index (χ4n) is 1.84. The summed E-state index contributed by atoms with van der Waals surface area (Å²) in [5, 5.41) is 14.6. The summed E-state index contributed by atoms with van der Waals surface area (Å²) in [6.07, 6.45) is 1.18. The van der Waals surface area contributed by atoms with E-state index in [0.29, 0.717) is 6.54 Å². The zero-order valence-electron chi connectivity index (χ0n) is 10.3. The second-order valence-corrected chi connectivity index (χ2v) is 4.26. The molecule has 6 heteroatoms. The molecule has 0 aliphatic heterocycles. The molecule has 0 radical (unpaired) electrons. The first-order valence-corrected chi connectivity index (χ1v) is 5.51. The Balaban J connectivity index is 2.32. The number of nitrogen functional groups attached to an aromatic ring is 1. The van der Waals surface area contributed by atoms with E-state index in [1.54, 1.807) is 0 Å². The van der Waals surface area contributed by atoms with Gasteiger partial charge < -0.3 is 5.73 Å². The number of aryl methyl sites for hydroxylation is 2. The largest absolute Gasteiger partial charge is 0.378 e. The predicted octanol–water partition coefficient (Wildman–Crippen LogP) is 2.04. The Kier molecular flexibility index (Phi) is 3.01. The number of hydrogen-bond acceptors (Lipinski definition) is 4. The van der Waals surface area contributed by atoms with Gasteiger partial charge in [0.1, 0.15) is 6.20 Å². The van der Waals surface area contributed by atoms with Crippen LogP contribution >= 0.6 is 0 Å². The summed E-state index contributed by atoms with van der Waals surface area (Å²) in [5.74, 6) is 0.0833. The van der Waals surface area contributed by atoms with E-state index < -0.39 is 4.92 Å². The Morgan fingerprint density at radius 1 is 1.44 bits per heavy atom.